The van der Waals surface area contributed by atoms with Gasteiger partial charge in [-0.15, -0.1) is 0 Å². The first-order valence-corrected chi connectivity index (χ1v) is 7.28. The fraction of sp³-hybridized carbons (Fsp3) is 0.867. The lowest BCUT2D eigenvalue weighted by atomic mass is 9.74. The summed E-state index contributed by atoms with van der Waals surface area (Å²) in [4.78, 5) is 14.3. The van der Waals surface area contributed by atoms with E-state index in [4.69, 9.17) is 5.26 Å². The number of hydrogen-bond acceptors (Lipinski definition) is 3. The fourth-order valence-electron chi connectivity index (χ4n) is 3.41. The third-order valence-electron chi connectivity index (χ3n) is 4.50. The first-order valence-electron chi connectivity index (χ1n) is 7.28. The molecular formula is C15H24N2O2. The van der Waals surface area contributed by atoms with Crippen LogP contribution < -0.4 is 0 Å². The van der Waals surface area contributed by atoms with Crippen molar-refractivity contribution in [1.29, 1.82) is 5.26 Å². The van der Waals surface area contributed by atoms with Gasteiger partial charge < -0.3 is 10.0 Å². The van der Waals surface area contributed by atoms with Crippen LogP contribution in [0.2, 0.25) is 0 Å². The van der Waals surface area contributed by atoms with Gasteiger partial charge in [0.25, 0.3) is 0 Å². The summed E-state index contributed by atoms with van der Waals surface area (Å²) in [5, 5.41) is 18.9. The summed E-state index contributed by atoms with van der Waals surface area (Å²) in [6.45, 7) is 5.78. The molecule has 19 heavy (non-hydrogen) atoms. The quantitative estimate of drug-likeness (QED) is 0.844. The number of nitrogens with zero attached hydrogens (tertiary/aromatic N) is 2. The predicted molar refractivity (Wildman–Crippen MR) is 72.1 cm³/mol. The number of amides is 1. The van der Waals surface area contributed by atoms with E-state index in [2.05, 4.69) is 19.9 Å². The molecule has 1 atom stereocenters. The molecule has 0 bridgehead atoms. The molecule has 1 amide bonds. The first kappa shape index (κ1) is 14.3. The minimum Gasteiger partial charge on any atom is -0.396 e. The minimum absolute atomic E-state index is 0.00344. The Labute approximate surface area is 115 Å². The third kappa shape index (κ3) is 2.76. The van der Waals surface area contributed by atoms with Gasteiger partial charge in [0.15, 0.2) is 0 Å². The van der Waals surface area contributed by atoms with Crippen LogP contribution in [0.5, 0.6) is 0 Å². The lowest BCUT2D eigenvalue weighted by Gasteiger charge is -2.43. The monoisotopic (exact) mass is 264 g/mol. The number of carbonyl (C=O) groups is 1. The van der Waals surface area contributed by atoms with Gasteiger partial charge >= 0.3 is 0 Å². The van der Waals surface area contributed by atoms with Crippen LogP contribution >= 0.6 is 0 Å². The van der Waals surface area contributed by atoms with E-state index in [9.17, 15) is 9.90 Å². The molecule has 1 aliphatic carbocycles. The van der Waals surface area contributed by atoms with Crippen LogP contribution in [0.4, 0.5) is 0 Å². The topological polar surface area (TPSA) is 64.3 Å². The average molecular weight is 264 g/mol. The van der Waals surface area contributed by atoms with Crippen LogP contribution in [0.3, 0.4) is 0 Å². The zero-order valence-electron chi connectivity index (χ0n) is 12.0. The normalized spacial score (nSPS) is 29.1. The van der Waals surface area contributed by atoms with E-state index < -0.39 is 5.41 Å². The van der Waals surface area contributed by atoms with Gasteiger partial charge in [-0.25, -0.2) is 0 Å². The van der Waals surface area contributed by atoms with Crippen molar-refractivity contribution in [3.8, 4) is 6.07 Å². The number of carbonyl (C=O) groups excluding carboxylic acids is 1. The predicted octanol–water partition coefficient (Wildman–Crippen LogP) is 1.94. The Kier molecular flexibility index (Phi) is 3.87. The second-order valence-electron chi connectivity index (χ2n) is 6.78. The van der Waals surface area contributed by atoms with Crippen molar-refractivity contribution in [3.05, 3.63) is 0 Å². The molecule has 4 heteroatoms. The lowest BCUT2D eigenvalue weighted by molar-refractivity contribution is -0.139. The molecule has 1 N–H and O–H groups in total. The van der Waals surface area contributed by atoms with Crippen molar-refractivity contribution < 1.29 is 9.90 Å². The van der Waals surface area contributed by atoms with Crippen LogP contribution in [0, 0.1) is 28.1 Å². The summed E-state index contributed by atoms with van der Waals surface area (Å²) in [6, 6.07) is 2.18. The summed E-state index contributed by atoms with van der Waals surface area (Å²) in [5.41, 5.74) is -0.885. The molecule has 2 aliphatic rings. The van der Waals surface area contributed by atoms with Crippen molar-refractivity contribution in [2.24, 2.45) is 16.7 Å². The third-order valence-corrected chi connectivity index (χ3v) is 4.50. The van der Waals surface area contributed by atoms with Gasteiger partial charge in [-0.05, 0) is 38.0 Å². The van der Waals surface area contributed by atoms with Gasteiger partial charge in [0.05, 0.1) is 12.7 Å². The van der Waals surface area contributed by atoms with Crippen LogP contribution in [0.25, 0.3) is 0 Å². The van der Waals surface area contributed by atoms with Crippen molar-refractivity contribution in [2.75, 3.05) is 19.7 Å². The molecule has 1 saturated carbocycles. The molecule has 0 aromatic carbocycles. The molecule has 2 rings (SSSR count). The van der Waals surface area contributed by atoms with Gasteiger partial charge in [0.1, 0.15) is 5.41 Å². The molecule has 1 saturated heterocycles. The Bertz CT molecular complexity index is 395. The molecule has 0 unspecified atom stereocenters. The summed E-state index contributed by atoms with van der Waals surface area (Å²) in [6.07, 6.45) is 4.25. The number of hydrogen-bond donors (Lipinski definition) is 1. The van der Waals surface area contributed by atoms with E-state index in [1.165, 1.54) is 0 Å². The second-order valence-corrected chi connectivity index (χ2v) is 6.78. The highest BCUT2D eigenvalue weighted by molar-refractivity contribution is 5.88. The van der Waals surface area contributed by atoms with Crippen LogP contribution in [0.1, 0.15) is 46.0 Å². The number of piperidine rings is 1. The Morgan fingerprint density at radius 1 is 1.42 bits per heavy atom. The van der Waals surface area contributed by atoms with Gasteiger partial charge in [0, 0.05) is 18.5 Å². The van der Waals surface area contributed by atoms with E-state index in [0.717, 1.165) is 25.8 Å². The smallest absolute Gasteiger partial charge is 0.243 e. The standard InChI is InChI=1S/C15H24N2O2/c1-12(2)8-14(11-18)4-3-7-17(10-14)13(19)15(9-16)5-6-15/h12,18H,3-8,10-11H2,1-2H3/t14-/m1/s1. The lowest BCUT2D eigenvalue weighted by Crippen LogP contribution is -2.50. The zero-order valence-corrected chi connectivity index (χ0v) is 12.0. The van der Waals surface area contributed by atoms with Gasteiger partial charge in [0.2, 0.25) is 5.91 Å². The molecule has 0 aromatic rings. The van der Waals surface area contributed by atoms with Crippen LogP contribution in [-0.4, -0.2) is 35.6 Å². The molecule has 0 aromatic heterocycles. The van der Waals surface area contributed by atoms with Crippen LogP contribution in [0.15, 0.2) is 0 Å². The largest absolute Gasteiger partial charge is 0.396 e. The molecule has 0 spiro atoms. The molecule has 4 nitrogen and oxygen atoms in total. The minimum atomic E-state index is -0.726. The van der Waals surface area contributed by atoms with Crippen molar-refractivity contribution >= 4 is 5.91 Å². The van der Waals surface area contributed by atoms with E-state index in [0.29, 0.717) is 25.3 Å². The number of aliphatic hydroxyl groups excluding tert-OH is 1. The van der Waals surface area contributed by atoms with E-state index in [1.54, 1.807) is 0 Å². The summed E-state index contributed by atoms with van der Waals surface area (Å²) < 4.78 is 0. The van der Waals surface area contributed by atoms with E-state index >= 15 is 0 Å². The van der Waals surface area contributed by atoms with Crippen molar-refractivity contribution in [3.63, 3.8) is 0 Å². The Balaban J connectivity index is 2.08. The summed E-state index contributed by atoms with van der Waals surface area (Å²) in [5.74, 6) is 0.504. The number of nitriles is 1. The van der Waals surface area contributed by atoms with E-state index in [1.807, 2.05) is 4.90 Å². The summed E-state index contributed by atoms with van der Waals surface area (Å²) in [7, 11) is 0. The second kappa shape index (κ2) is 5.13. The highest BCUT2D eigenvalue weighted by Gasteiger charge is 2.53. The molecule has 1 heterocycles. The maximum Gasteiger partial charge on any atom is 0.243 e. The fourth-order valence-corrected chi connectivity index (χ4v) is 3.41. The van der Waals surface area contributed by atoms with E-state index in [-0.39, 0.29) is 17.9 Å². The highest BCUT2D eigenvalue weighted by Crippen LogP contribution is 2.48. The SMILES string of the molecule is CC(C)C[C@]1(CO)CCCN(C(=O)C2(C#N)CC2)C1. The average Bonchev–Trinajstić information content (AvgIpc) is 3.18. The molecule has 106 valence electrons. The van der Waals surface area contributed by atoms with Gasteiger partial charge in [-0.3, -0.25) is 4.79 Å². The Morgan fingerprint density at radius 3 is 2.58 bits per heavy atom. The Morgan fingerprint density at radius 2 is 2.11 bits per heavy atom. The van der Waals surface area contributed by atoms with Crippen molar-refractivity contribution in [2.45, 2.75) is 46.0 Å². The maximum absolute atomic E-state index is 12.4. The number of aliphatic hydroxyl groups is 1. The number of rotatable bonds is 4. The zero-order chi connectivity index (χ0) is 14.1. The summed E-state index contributed by atoms with van der Waals surface area (Å²) >= 11 is 0. The maximum atomic E-state index is 12.4. The highest BCUT2D eigenvalue weighted by atomic mass is 16.3. The number of likely N-dealkylation sites (tertiary alicyclic amines) is 1. The van der Waals surface area contributed by atoms with Crippen molar-refractivity contribution in [1.82, 2.24) is 4.90 Å². The van der Waals surface area contributed by atoms with Crippen LogP contribution in [-0.2, 0) is 4.79 Å². The first-order chi connectivity index (χ1) is 8.97. The molecule has 1 aliphatic heterocycles. The molecule has 0 radical (unpaired) electrons. The van der Waals surface area contributed by atoms with Gasteiger partial charge in [-0.1, -0.05) is 13.8 Å². The van der Waals surface area contributed by atoms with Gasteiger partial charge in [-0.2, -0.15) is 5.26 Å². The Hall–Kier alpha value is -1.08. The molecule has 2 fully saturated rings. The molecular weight excluding hydrogens is 240 g/mol.